The molecule has 6 fully saturated rings. The third kappa shape index (κ3) is 6.76. The Labute approximate surface area is 320 Å². The summed E-state index contributed by atoms with van der Waals surface area (Å²) in [6.45, 7) is 16.3. The summed E-state index contributed by atoms with van der Waals surface area (Å²) in [5, 5.41) is 98.0. The Bertz CT molecular complexity index is 1360. The monoisotopic (exact) mass is 770 g/mol. The van der Waals surface area contributed by atoms with Gasteiger partial charge in [0.25, 0.3) is 0 Å². The van der Waals surface area contributed by atoms with Crippen molar-refractivity contribution in [1.82, 2.24) is 0 Å². The van der Waals surface area contributed by atoms with Crippen LogP contribution in [0.1, 0.15) is 107 Å². The van der Waals surface area contributed by atoms with Crippen molar-refractivity contribution in [3.05, 3.63) is 11.6 Å². The maximum Gasteiger partial charge on any atom is 0.186 e. The van der Waals surface area contributed by atoms with Gasteiger partial charge >= 0.3 is 0 Å². The number of hydrogen-bond acceptors (Lipinski definition) is 13. The lowest BCUT2D eigenvalue weighted by Gasteiger charge is -2.72. The van der Waals surface area contributed by atoms with E-state index in [-0.39, 0.29) is 30.3 Å². The number of aliphatic hydroxyl groups excluding tert-OH is 9. The van der Waals surface area contributed by atoms with E-state index < -0.39 is 107 Å². The molecular weight excluding hydrogens is 700 g/mol. The molecule has 13 nitrogen and oxygen atoms in total. The summed E-state index contributed by atoms with van der Waals surface area (Å²) in [7, 11) is 0. The maximum absolute atomic E-state index is 12.5. The van der Waals surface area contributed by atoms with Crippen LogP contribution in [0, 0.1) is 45.3 Å². The number of ether oxygens (including phenoxy) is 4. The van der Waals surface area contributed by atoms with Crippen molar-refractivity contribution in [1.29, 1.82) is 0 Å². The molecule has 20 unspecified atom stereocenters. The van der Waals surface area contributed by atoms with Gasteiger partial charge in [0.2, 0.25) is 0 Å². The van der Waals surface area contributed by atoms with Gasteiger partial charge in [-0.15, -0.1) is 0 Å². The molecule has 0 radical (unpaired) electrons. The van der Waals surface area contributed by atoms with E-state index in [4.69, 9.17) is 18.9 Å². The molecule has 0 spiro atoms. The Kier molecular flexibility index (Phi) is 12.0. The van der Waals surface area contributed by atoms with Crippen LogP contribution in [0.15, 0.2) is 11.6 Å². The van der Waals surface area contributed by atoms with Crippen LogP contribution in [0.25, 0.3) is 0 Å². The SMILES string of the molecule is CC(C)=CCCC(C)(OC1OCC(O)C(O)C1O)C1CCC2(C)C1C(O)CC1C3(C)CCC(O)C(C)(C)C3C(OC3OC(CO)C(O)C(O)C3O)CC12C. The lowest BCUT2D eigenvalue weighted by Crippen LogP contribution is -2.71. The topological polar surface area (TPSA) is 219 Å². The van der Waals surface area contributed by atoms with Gasteiger partial charge in [-0.25, -0.2) is 0 Å². The molecule has 6 rings (SSSR count). The van der Waals surface area contributed by atoms with Gasteiger partial charge in [0.1, 0.15) is 42.7 Å². The van der Waals surface area contributed by atoms with E-state index in [1.54, 1.807) is 0 Å². The van der Waals surface area contributed by atoms with Gasteiger partial charge in [-0.1, -0.05) is 46.3 Å². The summed E-state index contributed by atoms with van der Waals surface area (Å²) < 4.78 is 25.3. The fourth-order valence-corrected chi connectivity index (χ4v) is 13.2. The van der Waals surface area contributed by atoms with Gasteiger partial charge in [-0.05, 0) is 117 Å². The predicted octanol–water partition coefficient (Wildman–Crippen LogP) is 1.76. The number of hydrogen-bond donors (Lipinski definition) is 9. The van der Waals surface area contributed by atoms with Gasteiger partial charge in [0.05, 0.1) is 37.1 Å². The zero-order valence-electron chi connectivity index (χ0n) is 33.5. The van der Waals surface area contributed by atoms with E-state index in [2.05, 4.69) is 26.8 Å². The fourth-order valence-electron chi connectivity index (χ4n) is 13.2. The lowest BCUT2D eigenvalue weighted by atomic mass is 9.34. The van der Waals surface area contributed by atoms with Crippen LogP contribution in [0.5, 0.6) is 0 Å². The standard InChI is InChI=1S/C41H70O13/c1-20(2)10-9-13-41(8,54-35-32(49)29(46)23(44)19-51-35)21-11-15-39(6)28(21)22(43)16-26-38(5)14-12-27(45)37(3,4)34(38)24(17-40(26,39)7)52-36-33(50)31(48)30(47)25(18-42)53-36/h10,21-36,42-50H,9,11-19H2,1-8H3. The molecule has 0 amide bonds. The van der Waals surface area contributed by atoms with Crippen LogP contribution < -0.4 is 0 Å². The average molecular weight is 771 g/mol. The number of allylic oxidation sites excluding steroid dienone is 2. The van der Waals surface area contributed by atoms with Gasteiger partial charge < -0.3 is 64.9 Å². The highest BCUT2D eigenvalue weighted by Gasteiger charge is 2.74. The third-order valence-electron chi connectivity index (χ3n) is 16.2. The smallest absolute Gasteiger partial charge is 0.186 e. The second-order valence-electron chi connectivity index (χ2n) is 19.8. The first kappa shape index (κ1) is 42.8. The fraction of sp³-hybridized carbons (Fsp3) is 0.951. The quantitative estimate of drug-likeness (QED) is 0.121. The Morgan fingerprint density at radius 3 is 2.13 bits per heavy atom. The molecule has 54 heavy (non-hydrogen) atoms. The predicted molar refractivity (Wildman–Crippen MR) is 196 cm³/mol. The molecule has 6 aliphatic rings. The van der Waals surface area contributed by atoms with Gasteiger partial charge in [-0.3, -0.25) is 0 Å². The largest absolute Gasteiger partial charge is 0.394 e. The molecule has 2 heterocycles. The summed E-state index contributed by atoms with van der Waals surface area (Å²) in [5.41, 5.74) is -1.66. The highest BCUT2D eigenvalue weighted by molar-refractivity contribution is 5.22. The molecule has 2 aliphatic heterocycles. The first-order chi connectivity index (χ1) is 25.1. The van der Waals surface area contributed by atoms with Crippen molar-refractivity contribution in [2.45, 2.75) is 186 Å². The molecule has 20 atom stereocenters. The minimum atomic E-state index is -1.59. The van der Waals surface area contributed by atoms with Gasteiger partial charge in [-0.2, -0.15) is 0 Å². The zero-order chi connectivity index (χ0) is 39.9. The Morgan fingerprint density at radius 1 is 0.815 bits per heavy atom. The second kappa shape index (κ2) is 15.1. The highest BCUT2D eigenvalue weighted by atomic mass is 16.7. The average Bonchev–Trinajstić information content (AvgIpc) is 3.48. The second-order valence-corrected chi connectivity index (χ2v) is 19.8. The van der Waals surface area contributed by atoms with Crippen molar-refractivity contribution < 1.29 is 64.9 Å². The van der Waals surface area contributed by atoms with Crippen molar-refractivity contribution in [2.75, 3.05) is 13.2 Å². The summed E-state index contributed by atoms with van der Waals surface area (Å²) in [6.07, 6.45) is -7.08. The summed E-state index contributed by atoms with van der Waals surface area (Å²) in [4.78, 5) is 0. The van der Waals surface area contributed by atoms with Crippen LogP contribution in [0.3, 0.4) is 0 Å². The highest BCUT2D eigenvalue weighted by Crippen LogP contribution is 2.76. The van der Waals surface area contributed by atoms with Crippen molar-refractivity contribution in [2.24, 2.45) is 45.3 Å². The van der Waals surface area contributed by atoms with Crippen LogP contribution in [0.2, 0.25) is 0 Å². The first-order valence-corrected chi connectivity index (χ1v) is 20.4. The molecule has 0 aromatic carbocycles. The van der Waals surface area contributed by atoms with Crippen molar-refractivity contribution >= 4 is 0 Å². The van der Waals surface area contributed by atoms with E-state index in [1.807, 2.05) is 34.6 Å². The molecule has 0 aromatic rings. The van der Waals surface area contributed by atoms with E-state index in [0.29, 0.717) is 38.5 Å². The minimum absolute atomic E-state index is 0.0319. The first-order valence-electron chi connectivity index (χ1n) is 20.4. The molecule has 4 saturated carbocycles. The molecular formula is C41H70O13. The molecule has 0 bridgehead atoms. The van der Waals surface area contributed by atoms with E-state index in [0.717, 1.165) is 18.4 Å². The van der Waals surface area contributed by atoms with E-state index in [9.17, 15) is 46.0 Å². The van der Waals surface area contributed by atoms with Crippen LogP contribution in [-0.2, 0) is 18.9 Å². The van der Waals surface area contributed by atoms with Gasteiger partial charge in [0, 0.05) is 0 Å². The summed E-state index contributed by atoms with van der Waals surface area (Å²) in [6, 6.07) is 0. The Hall–Kier alpha value is -0.780. The minimum Gasteiger partial charge on any atom is -0.394 e. The normalized spacial score (nSPS) is 52.8. The van der Waals surface area contributed by atoms with E-state index in [1.165, 1.54) is 0 Å². The summed E-state index contributed by atoms with van der Waals surface area (Å²) >= 11 is 0. The molecule has 2 saturated heterocycles. The van der Waals surface area contributed by atoms with Gasteiger partial charge in [0.15, 0.2) is 12.6 Å². The van der Waals surface area contributed by atoms with E-state index >= 15 is 0 Å². The molecule has 9 N–H and O–H groups in total. The van der Waals surface area contributed by atoms with Crippen LogP contribution >= 0.6 is 0 Å². The zero-order valence-corrected chi connectivity index (χ0v) is 33.5. The molecule has 4 aliphatic carbocycles. The van der Waals surface area contributed by atoms with Crippen molar-refractivity contribution in [3.8, 4) is 0 Å². The van der Waals surface area contributed by atoms with Crippen LogP contribution in [0.4, 0.5) is 0 Å². The van der Waals surface area contributed by atoms with Crippen molar-refractivity contribution in [3.63, 3.8) is 0 Å². The Morgan fingerprint density at radius 2 is 1.48 bits per heavy atom. The number of rotatable bonds is 9. The Balaban J connectivity index is 1.39. The summed E-state index contributed by atoms with van der Waals surface area (Å²) in [5.74, 6) is -0.597. The number of fused-ring (bicyclic) bond motifs is 5. The number of aliphatic hydroxyl groups is 9. The molecule has 13 heteroatoms. The lowest BCUT2D eigenvalue weighted by molar-refractivity contribution is -0.348. The van der Waals surface area contributed by atoms with Crippen LogP contribution in [-0.4, -0.2) is 138 Å². The molecule has 0 aromatic heterocycles. The third-order valence-corrected chi connectivity index (χ3v) is 16.2. The maximum atomic E-state index is 12.5. The molecule has 312 valence electrons.